The van der Waals surface area contributed by atoms with Crippen molar-refractivity contribution in [1.29, 1.82) is 0 Å². The second kappa shape index (κ2) is 4.77. The van der Waals surface area contributed by atoms with Gasteiger partial charge in [0.05, 0.1) is 13.2 Å². The largest absolute Gasteiger partial charge is 0.394 e. The average Bonchev–Trinajstić information content (AvgIpc) is 1.83. The van der Waals surface area contributed by atoms with Gasteiger partial charge in [-0.3, -0.25) is 0 Å². The number of aliphatic hydroxyl groups excluding tert-OH is 2. The van der Waals surface area contributed by atoms with Gasteiger partial charge >= 0.3 is 0 Å². The summed E-state index contributed by atoms with van der Waals surface area (Å²) in [5.74, 6) is 0. The molecule has 0 heterocycles. The van der Waals surface area contributed by atoms with Crippen LogP contribution in [0.25, 0.3) is 0 Å². The second-order valence-electron chi connectivity index (χ2n) is 1.46. The Morgan fingerprint density at radius 3 is 2.50 bits per heavy atom. The van der Waals surface area contributed by atoms with E-state index in [0.29, 0.717) is 0 Å². The predicted molar refractivity (Wildman–Crippen MR) is 31.3 cm³/mol. The molecule has 0 radical (unpaired) electrons. The standard InChI is InChI=1S/C5H11NO2/c6-5(4-8)2-1-3-7/h1-2,5,7-8H,3-4,6H2. The highest BCUT2D eigenvalue weighted by Crippen LogP contribution is 1.77. The molecule has 1 atom stereocenters. The fourth-order valence-corrected chi connectivity index (χ4v) is 0.297. The lowest BCUT2D eigenvalue weighted by Gasteiger charge is -1.96. The van der Waals surface area contributed by atoms with Crippen LogP contribution in [0.15, 0.2) is 12.2 Å². The van der Waals surface area contributed by atoms with Gasteiger partial charge in [0.25, 0.3) is 0 Å². The summed E-state index contributed by atoms with van der Waals surface area (Å²) in [6, 6.07) is -0.331. The Hall–Kier alpha value is -0.380. The molecule has 4 N–H and O–H groups in total. The maximum absolute atomic E-state index is 8.30. The first-order valence-corrected chi connectivity index (χ1v) is 2.45. The van der Waals surface area contributed by atoms with Crippen molar-refractivity contribution < 1.29 is 10.2 Å². The molecule has 3 nitrogen and oxygen atoms in total. The van der Waals surface area contributed by atoms with Crippen LogP contribution >= 0.6 is 0 Å². The monoisotopic (exact) mass is 117 g/mol. The number of hydrogen-bond acceptors (Lipinski definition) is 3. The van der Waals surface area contributed by atoms with Gasteiger partial charge in [0.1, 0.15) is 0 Å². The third kappa shape index (κ3) is 3.80. The maximum atomic E-state index is 8.30. The number of nitrogens with two attached hydrogens (primary N) is 1. The van der Waals surface area contributed by atoms with Crippen molar-refractivity contribution >= 4 is 0 Å². The molecule has 0 aromatic heterocycles. The average molecular weight is 117 g/mol. The molecule has 0 fully saturated rings. The summed E-state index contributed by atoms with van der Waals surface area (Å²) in [6.07, 6.45) is 3.06. The fourth-order valence-electron chi connectivity index (χ4n) is 0.297. The predicted octanol–water partition coefficient (Wildman–Crippen LogP) is -1.15. The molecule has 8 heavy (non-hydrogen) atoms. The van der Waals surface area contributed by atoms with Crippen LogP contribution in [0, 0.1) is 0 Å². The molecular formula is C5H11NO2. The van der Waals surface area contributed by atoms with Gasteiger partial charge in [-0.25, -0.2) is 0 Å². The van der Waals surface area contributed by atoms with Crippen molar-refractivity contribution in [3.63, 3.8) is 0 Å². The summed E-state index contributed by atoms with van der Waals surface area (Å²) in [4.78, 5) is 0. The summed E-state index contributed by atoms with van der Waals surface area (Å²) in [5, 5.41) is 16.5. The first-order valence-electron chi connectivity index (χ1n) is 2.45. The normalized spacial score (nSPS) is 14.9. The van der Waals surface area contributed by atoms with Gasteiger partial charge < -0.3 is 15.9 Å². The minimum absolute atomic E-state index is 0.0201. The smallest absolute Gasteiger partial charge is 0.0618 e. The van der Waals surface area contributed by atoms with Crippen LogP contribution in [0.2, 0.25) is 0 Å². The minimum Gasteiger partial charge on any atom is -0.394 e. The highest BCUT2D eigenvalue weighted by atomic mass is 16.3. The SMILES string of the molecule is NC(C=CCO)CO. The molecule has 48 valence electrons. The summed E-state index contributed by atoms with van der Waals surface area (Å²) < 4.78 is 0. The number of hydrogen-bond donors (Lipinski definition) is 3. The van der Waals surface area contributed by atoms with E-state index in [1.807, 2.05) is 0 Å². The molecule has 0 saturated heterocycles. The van der Waals surface area contributed by atoms with Gasteiger partial charge in [0.2, 0.25) is 0 Å². The van der Waals surface area contributed by atoms with Crippen LogP contribution in [0.3, 0.4) is 0 Å². The zero-order valence-corrected chi connectivity index (χ0v) is 4.62. The molecule has 0 spiro atoms. The molecule has 0 aliphatic carbocycles. The quantitative estimate of drug-likeness (QED) is 0.409. The lowest BCUT2D eigenvalue weighted by atomic mass is 10.3. The van der Waals surface area contributed by atoms with E-state index in [9.17, 15) is 0 Å². The Bertz CT molecular complexity index is 72.8. The van der Waals surface area contributed by atoms with Crippen molar-refractivity contribution in [2.45, 2.75) is 6.04 Å². The van der Waals surface area contributed by atoms with Crippen molar-refractivity contribution in [2.75, 3.05) is 13.2 Å². The van der Waals surface area contributed by atoms with E-state index in [-0.39, 0.29) is 19.3 Å². The van der Waals surface area contributed by atoms with Crippen molar-refractivity contribution in [2.24, 2.45) is 5.73 Å². The van der Waals surface area contributed by atoms with Gasteiger partial charge in [-0.1, -0.05) is 12.2 Å². The van der Waals surface area contributed by atoms with E-state index in [0.717, 1.165) is 0 Å². The summed E-state index contributed by atoms with van der Waals surface area (Å²) in [6.45, 7) is -0.0931. The number of aliphatic hydroxyl groups is 2. The van der Waals surface area contributed by atoms with E-state index in [2.05, 4.69) is 0 Å². The van der Waals surface area contributed by atoms with Crippen LogP contribution in [-0.4, -0.2) is 29.5 Å². The molecule has 0 rings (SSSR count). The van der Waals surface area contributed by atoms with Gasteiger partial charge in [0, 0.05) is 6.04 Å². The van der Waals surface area contributed by atoms with Crippen LogP contribution in [0.1, 0.15) is 0 Å². The molecule has 0 aliphatic heterocycles. The van der Waals surface area contributed by atoms with Gasteiger partial charge in [-0.15, -0.1) is 0 Å². The van der Waals surface area contributed by atoms with E-state index >= 15 is 0 Å². The Morgan fingerprint density at radius 2 is 2.12 bits per heavy atom. The Morgan fingerprint density at radius 1 is 1.50 bits per heavy atom. The van der Waals surface area contributed by atoms with Gasteiger partial charge in [-0.2, -0.15) is 0 Å². The number of rotatable bonds is 3. The van der Waals surface area contributed by atoms with E-state index in [1.54, 1.807) is 6.08 Å². The lowest BCUT2D eigenvalue weighted by Crippen LogP contribution is -2.21. The van der Waals surface area contributed by atoms with Crippen molar-refractivity contribution in [3.05, 3.63) is 12.2 Å². The Balaban J connectivity index is 3.21. The molecule has 0 saturated carbocycles. The first kappa shape index (κ1) is 7.62. The van der Waals surface area contributed by atoms with Gasteiger partial charge in [0.15, 0.2) is 0 Å². The molecule has 0 aromatic rings. The molecule has 0 aliphatic rings. The van der Waals surface area contributed by atoms with Gasteiger partial charge in [-0.05, 0) is 0 Å². The van der Waals surface area contributed by atoms with Crippen LogP contribution in [0.4, 0.5) is 0 Å². The molecule has 3 heteroatoms. The van der Waals surface area contributed by atoms with Crippen LogP contribution in [-0.2, 0) is 0 Å². The minimum atomic E-state index is -0.331. The molecular weight excluding hydrogens is 106 g/mol. The second-order valence-corrected chi connectivity index (χ2v) is 1.46. The molecule has 0 bridgehead atoms. The third-order valence-corrected chi connectivity index (χ3v) is 0.700. The van der Waals surface area contributed by atoms with Crippen molar-refractivity contribution in [3.8, 4) is 0 Å². The Labute approximate surface area is 48.4 Å². The Kier molecular flexibility index (Phi) is 4.54. The van der Waals surface area contributed by atoms with Crippen LogP contribution in [0.5, 0.6) is 0 Å². The zero-order chi connectivity index (χ0) is 6.41. The zero-order valence-electron chi connectivity index (χ0n) is 4.62. The summed E-state index contributed by atoms with van der Waals surface area (Å²) in [7, 11) is 0. The first-order chi connectivity index (χ1) is 3.81. The van der Waals surface area contributed by atoms with Crippen molar-refractivity contribution in [1.82, 2.24) is 0 Å². The molecule has 0 aromatic carbocycles. The van der Waals surface area contributed by atoms with Crippen LogP contribution < -0.4 is 5.73 Å². The highest BCUT2D eigenvalue weighted by molar-refractivity contribution is 4.90. The molecule has 1 unspecified atom stereocenters. The van der Waals surface area contributed by atoms with E-state index < -0.39 is 0 Å². The summed E-state index contributed by atoms with van der Waals surface area (Å²) >= 11 is 0. The third-order valence-electron chi connectivity index (χ3n) is 0.700. The highest BCUT2D eigenvalue weighted by Gasteiger charge is 1.88. The fraction of sp³-hybridized carbons (Fsp3) is 0.600. The maximum Gasteiger partial charge on any atom is 0.0618 e. The lowest BCUT2D eigenvalue weighted by molar-refractivity contribution is 0.283. The topological polar surface area (TPSA) is 66.5 Å². The van der Waals surface area contributed by atoms with E-state index in [4.69, 9.17) is 15.9 Å². The summed E-state index contributed by atoms with van der Waals surface area (Å²) in [5.41, 5.74) is 5.21. The molecule has 0 amide bonds. The van der Waals surface area contributed by atoms with E-state index in [1.165, 1.54) is 6.08 Å².